The molecule has 110 valence electrons. The van der Waals surface area contributed by atoms with Crippen LogP contribution in [0.15, 0.2) is 0 Å². The van der Waals surface area contributed by atoms with Crippen LogP contribution in [0.1, 0.15) is 58.8 Å². The highest BCUT2D eigenvalue weighted by atomic mass is 16.2. The van der Waals surface area contributed by atoms with Crippen molar-refractivity contribution in [1.29, 1.82) is 0 Å². The molecule has 2 unspecified atom stereocenters. The van der Waals surface area contributed by atoms with Gasteiger partial charge in [0.25, 0.3) is 0 Å². The minimum atomic E-state index is 0.187. The fourth-order valence-electron chi connectivity index (χ4n) is 3.77. The smallest absolute Gasteiger partial charge is 0.226 e. The first-order valence-corrected chi connectivity index (χ1v) is 8.00. The number of nitrogens with zero attached hydrogens (tertiary/aromatic N) is 1. The average molecular weight is 266 g/mol. The van der Waals surface area contributed by atoms with Crippen LogP contribution in [-0.2, 0) is 4.79 Å². The Bertz CT molecular complexity index is 306. The maximum atomic E-state index is 12.8. The van der Waals surface area contributed by atoms with Gasteiger partial charge in [0.2, 0.25) is 5.91 Å². The van der Waals surface area contributed by atoms with Gasteiger partial charge in [0.1, 0.15) is 0 Å². The van der Waals surface area contributed by atoms with Crippen LogP contribution in [0.2, 0.25) is 0 Å². The Morgan fingerprint density at radius 2 is 1.89 bits per heavy atom. The lowest BCUT2D eigenvalue weighted by atomic mass is 9.68. The van der Waals surface area contributed by atoms with Gasteiger partial charge in [-0.2, -0.15) is 0 Å². The number of amides is 1. The first-order chi connectivity index (χ1) is 9.02. The van der Waals surface area contributed by atoms with Gasteiger partial charge in [0, 0.05) is 19.0 Å². The predicted molar refractivity (Wildman–Crippen MR) is 79.0 cm³/mol. The van der Waals surface area contributed by atoms with Gasteiger partial charge in [-0.05, 0) is 50.6 Å². The summed E-state index contributed by atoms with van der Waals surface area (Å²) < 4.78 is 0. The monoisotopic (exact) mass is 266 g/mol. The van der Waals surface area contributed by atoms with Crippen molar-refractivity contribution in [1.82, 2.24) is 10.2 Å². The summed E-state index contributed by atoms with van der Waals surface area (Å²) in [7, 11) is 2.03. The molecule has 2 atom stereocenters. The van der Waals surface area contributed by atoms with E-state index in [1.807, 2.05) is 7.05 Å². The first-order valence-electron chi connectivity index (χ1n) is 8.00. The summed E-state index contributed by atoms with van der Waals surface area (Å²) in [5, 5.41) is 3.43. The summed E-state index contributed by atoms with van der Waals surface area (Å²) >= 11 is 0. The summed E-state index contributed by atoms with van der Waals surface area (Å²) in [6.07, 6.45) is 8.24. The third kappa shape index (κ3) is 3.50. The molecule has 2 aliphatic rings. The summed E-state index contributed by atoms with van der Waals surface area (Å²) in [4.78, 5) is 14.9. The zero-order chi connectivity index (χ0) is 13.9. The van der Waals surface area contributed by atoms with E-state index in [2.05, 4.69) is 24.1 Å². The highest BCUT2D eigenvalue weighted by molar-refractivity contribution is 5.79. The zero-order valence-electron chi connectivity index (χ0n) is 12.9. The standard InChI is InChI=1S/C16H30N2O/c1-16(2)10-5-4-8-14(16)15(19)18(3)13-7-6-11-17-12-9-13/h13-14,17H,4-12H2,1-3H3. The van der Waals surface area contributed by atoms with Crippen LogP contribution >= 0.6 is 0 Å². The third-order valence-electron chi connectivity index (χ3n) is 5.25. The van der Waals surface area contributed by atoms with Crippen LogP contribution in [0.4, 0.5) is 0 Å². The van der Waals surface area contributed by atoms with Crippen LogP contribution in [0.25, 0.3) is 0 Å². The van der Waals surface area contributed by atoms with Crippen molar-refractivity contribution in [3.05, 3.63) is 0 Å². The van der Waals surface area contributed by atoms with Gasteiger partial charge in [0.05, 0.1) is 0 Å². The van der Waals surface area contributed by atoms with Gasteiger partial charge >= 0.3 is 0 Å². The molecule has 0 aromatic carbocycles. The number of hydrogen-bond acceptors (Lipinski definition) is 2. The summed E-state index contributed by atoms with van der Waals surface area (Å²) in [6, 6.07) is 0.445. The fourth-order valence-corrected chi connectivity index (χ4v) is 3.77. The zero-order valence-corrected chi connectivity index (χ0v) is 12.9. The van der Waals surface area contributed by atoms with Crippen LogP contribution < -0.4 is 5.32 Å². The number of nitrogens with one attached hydrogen (secondary N) is 1. The quantitative estimate of drug-likeness (QED) is 0.833. The highest BCUT2D eigenvalue weighted by Gasteiger charge is 2.39. The van der Waals surface area contributed by atoms with E-state index in [-0.39, 0.29) is 11.3 Å². The van der Waals surface area contributed by atoms with Gasteiger partial charge in [-0.1, -0.05) is 26.7 Å². The molecule has 2 rings (SSSR count). The predicted octanol–water partition coefficient (Wildman–Crippen LogP) is 2.80. The second kappa shape index (κ2) is 6.25. The van der Waals surface area contributed by atoms with Gasteiger partial charge in [0.15, 0.2) is 0 Å². The second-order valence-electron chi connectivity index (χ2n) is 7.07. The van der Waals surface area contributed by atoms with Crippen molar-refractivity contribution in [2.75, 3.05) is 20.1 Å². The number of carbonyl (C=O) groups is 1. The Morgan fingerprint density at radius 1 is 1.11 bits per heavy atom. The van der Waals surface area contributed by atoms with Crippen molar-refractivity contribution < 1.29 is 4.79 Å². The number of carbonyl (C=O) groups excluding carboxylic acids is 1. The molecule has 1 N–H and O–H groups in total. The summed E-state index contributed by atoms with van der Waals surface area (Å²) in [5.74, 6) is 0.638. The van der Waals surface area contributed by atoms with Crippen molar-refractivity contribution in [2.24, 2.45) is 11.3 Å². The molecule has 1 saturated heterocycles. The van der Waals surface area contributed by atoms with Crippen LogP contribution in [0.5, 0.6) is 0 Å². The van der Waals surface area contributed by atoms with E-state index in [0.717, 1.165) is 32.4 Å². The largest absolute Gasteiger partial charge is 0.342 e. The minimum absolute atomic E-state index is 0.187. The maximum Gasteiger partial charge on any atom is 0.226 e. The molecule has 1 aliphatic heterocycles. The lowest BCUT2D eigenvalue weighted by Gasteiger charge is -2.41. The topological polar surface area (TPSA) is 32.3 Å². The van der Waals surface area contributed by atoms with Crippen LogP contribution in [-0.4, -0.2) is 37.0 Å². The Hall–Kier alpha value is -0.570. The molecule has 0 radical (unpaired) electrons. The van der Waals surface area contributed by atoms with Crippen molar-refractivity contribution in [2.45, 2.75) is 64.8 Å². The van der Waals surface area contributed by atoms with Crippen LogP contribution in [0.3, 0.4) is 0 Å². The van der Waals surface area contributed by atoms with E-state index in [1.54, 1.807) is 0 Å². The van der Waals surface area contributed by atoms with Crippen LogP contribution in [0, 0.1) is 11.3 Å². The molecule has 1 saturated carbocycles. The molecule has 0 aromatic rings. The molecule has 0 aromatic heterocycles. The minimum Gasteiger partial charge on any atom is -0.342 e. The van der Waals surface area contributed by atoms with Gasteiger partial charge in [-0.15, -0.1) is 0 Å². The normalized spacial score (nSPS) is 31.5. The van der Waals surface area contributed by atoms with Gasteiger partial charge in [-0.25, -0.2) is 0 Å². The number of hydrogen-bond donors (Lipinski definition) is 1. The summed E-state index contributed by atoms with van der Waals surface area (Å²) in [6.45, 7) is 6.71. The molecule has 3 nitrogen and oxygen atoms in total. The lowest BCUT2D eigenvalue weighted by Crippen LogP contribution is -2.46. The SMILES string of the molecule is CN(C(=O)C1CCCCC1(C)C)C1CCCNCC1. The molecule has 3 heteroatoms. The lowest BCUT2D eigenvalue weighted by molar-refractivity contribution is -0.142. The molecule has 1 aliphatic carbocycles. The molecule has 19 heavy (non-hydrogen) atoms. The molecule has 2 fully saturated rings. The van der Waals surface area contributed by atoms with Crippen molar-refractivity contribution >= 4 is 5.91 Å². The molecular formula is C16H30N2O. The fraction of sp³-hybridized carbons (Fsp3) is 0.938. The van der Waals surface area contributed by atoms with Crippen molar-refractivity contribution in [3.8, 4) is 0 Å². The van der Waals surface area contributed by atoms with E-state index in [9.17, 15) is 4.79 Å². The van der Waals surface area contributed by atoms with Crippen molar-refractivity contribution in [3.63, 3.8) is 0 Å². The van der Waals surface area contributed by atoms with Gasteiger partial charge in [-0.3, -0.25) is 4.79 Å². The molecule has 1 heterocycles. The van der Waals surface area contributed by atoms with Gasteiger partial charge < -0.3 is 10.2 Å². The maximum absolute atomic E-state index is 12.8. The third-order valence-corrected chi connectivity index (χ3v) is 5.25. The van der Waals surface area contributed by atoms with E-state index in [0.29, 0.717) is 11.9 Å². The Morgan fingerprint density at radius 3 is 2.63 bits per heavy atom. The van der Waals surface area contributed by atoms with E-state index in [4.69, 9.17) is 0 Å². The van der Waals surface area contributed by atoms with E-state index >= 15 is 0 Å². The first kappa shape index (κ1) is 14.8. The number of rotatable bonds is 2. The molecular weight excluding hydrogens is 236 g/mol. The average Bonchev–Trinajstić information content (AvgIpc) is 2.65. The van der Waals surface area contributed by atoms with E-state index in [1.165, 1.54) is 25.7 Å². The highest BCUT2D eigenvalue weighted by Crippen LogP contribution is 2.41. The summed E-state index contributed by atoms with van der Waals surface area (Å²) in [5.41, 5.74) is 0.187. The molecule has 0 bridgehead atoms. The Kier molecular flexibility index (Phi) is 4.88. The van der Waals surface area contributed by atoms with E-state index < -0.39 is 0 Å². The molecule has 0 spiro atoms. The second-order valence-corrected chi connectivity index (χ2v) is 7.07. The Labute approximate surface area is 118 Å². The molecule has 1 amide bonds. The Balaban J connectivity index is 2.00.